The van der Waals surface area contributed by atoms with Gasteiger partial charge in [0.05, 0.1) is 11.4 Å². The SMILES string of the molecule is Clc1ccc2c(c1)N1CC3CCCC3C1CN2. The molecule has 0 aromatic heterocycles. The number of halogens is 1. The normalized spacial score (nSPS) is 33.9. The van der Waals surface area contributed by atoms with E-state index >= 15 is 0 Å². The van der Waals surface area contributed by atoms with Crippen molar-refractivity contribution in [2.75, 3.05) is 23.3 Å². The maximum Gasteiger partial charge on any atom is 0.0620 e. The van der Waals surface area contributed by atoms with Crippen LogP contribution in [0.25, 0.3) is 0 Å². The van der Waals surface area contributed by atoms with Gasteiger partial charge in [-0.05, 0) is 42.9 Å². The van der Waals surface area contributed by atoms with Gasteiger partial charge in [-0.25, -0.2) is 0 Å². The molecule has 0 amide bonds. The lowest BCUT2D eigenvalue weighted by Crippen LogP contribution is -2.42. The van der Waals surface area contributed by atoms with E-state index in [-0.39, 0.29) is 0 Å². The van der Waals surface area contributed by atoms with Crippen molar-refractivity contribution < 1.29 is 0 Å². The zero-order chi connectivity index (χ0) is 11.4. The van der Waals surface area contributed by atoms with E-state index in [0.717, 1.165) is 23.4 Å². The number of rotatable bonds is 0. The topological polar surface area (TPSA) is 15.3 Å². The zero-order valence-corrected chi connectivity index (χ0v) is 10.6. The molecule has 4 rings (SSSR count). The second-order valence-corrected chi connectivity index (χ2v) is 6.05. The van der Waals surface area contributed by atoms with Crippen LogP contribution in [-0.2, 0) is 0 Å². The van der Waals surface area contributed by atoms with Gasteiger partial charge in [-0.3, -0.25) is 0 Å². The van der Waals surface area contributed by atoms with E-state index in [1.807, 2.05) is 6.07 Å². The largest absolute Gasteiger partial charge is 0.381 e. The fourth-order valence-electron chi connectivity index (χ4n) is 4.06. The van der Waals surface area contributed by atoms with Gasteiger partial charge in [0.2, 0.25) is 0 Å². The van der Waals surface area contributed by atoms with E-state index in [9.17, 15) is 0 Å². The van der Waals surface area contributed by atoms with Crippen LogP contribution < -0.4 is 10.2 Å². The average Bonchev–Trinajstić information content (AvgIpc) is 2.88. The Bertz CT molecular complexity index is 460. The number of nitrogens with zero attached hydrogens (tertiary/aromatic N) is 1. The molecule has 1 aromatic rings. The summed E-state index contributed by atoms with van der Waals surface area (Å²) in [4.78, 5) is 2.60. The third kappa shape index (κ3) is 1.40. The number of nitrogens with one attached hydrogen (secondary N) is 1. The Morgan fingerprint density at radius 1 is 1.29 bits per heavy atom. The Morgan fingerprint density at radius 2 is 2.24 bits per heavy atom. The fraction of sp³-hybridized carbons (Fsp3) is 0.571. The van der Waals surface area contributed by atoms with Crippen LogP contribution in [0.1, 0.15) is 19.3 Å². The van der Waals surface area contributed by atoms with Gasteiger partial charge in [0.25, 0.3) is 0 Å². The summed E-state index contributed by atoms with van der Waals surface area (Å²) < 4.78 is 0. The highest BCUT2D eigenvalue weighted by Crippen LogP contribution is 2.47. The van der Waals surface area contributed by atoms with Crippen LogP contribution in [0.3, 0.4) is 0 Å². The molecule has 0 spiro atoms. The van der Waals surface area contributed by atoms with Crippen molar-refractivity contribution >= 4 is 23.0 Å². The highest BCUT2D eigenvalue weighted by molar-refractivity contribution is 6.31. The van der Waals surface area contributed by atoms with Gasteiger partial charge in [-0.2, -0.15) is 0 Å². The van der Waals surface area contributed by atoms with E-state index in [2.05, 4.69) is 22.3 Å². The Labute approximate surface area is 107 Å². The second kappa shape index (κ2) is 3.55. The summed E-state index contributed by atoms with van der Waals surface area (Å²) in [6.45, 7) is 2.35. The Hall–Kier alpha value is -0.890. The molecule has 3 aliphatic rings. The van der Waals surface area contributed by atoms with Crippen molar-refractivity contribution in [2.24, 2.45) is 11.8 Å². The molecule has 17 heavy (non-hydrogen) atoms. The highest BCUT2D eigenvalue weighted by Gasteiger charge is 2.45. The lowest BCUT2D eigenvalue weighted by atomic mass is 9.93. The van der Waals surface area contributed by atoms with Gasteiger partial charge in [0.15, 0.2) is 0 Å². The molecule has 1 saturated heterocycles. The smallest absolute Gasteiger partial charge is 0.0620 e. The third-order valence-electron chi connectivity index (χ3n) is 4.81. The molecule has 1 aliphatic carbocycles. The molecule has 2 heterocycles. The number of hydrogen-bond acceptors (Lipinski definition) is 2. The summed E-state index contributed by atoms with van der Waals surface area (Å²) in [6.07, 6.45) is 4.28. The summed E-state index contributed by atoms with van der Waals surface area (Å²) in [6, 6.07) is 6.91. The molecule has 2 aliphatic heterocycles. The molecule has 3 atom stereocenters. The van der Waals surface area contributed by atoms with Crippen molar-refractivity contribution in [2.45, 2.75) is 25.3 Å². The minimum atomic E-state index is 0.702. The Kier molecular flexibility index (Phi) is 2.10. The number of hydrogen-bond donors (Lipinski definition) is 1. The maximum atomic E-state index is 6.13. The van der Waals surface area contributed by atoms with Crippen LogP contribution in [0, 0.1) is 11.8 Å². The first kappa shape index (κ1) is 10.1. The molecule has 0 radical (unpaired) electrons. The van der Waals surface area contributed by atoms with Crippen LogP contribution >= 0.6 is 11.6 Å². The predicted molar refractivity (Wildman–Crippen MR) is 71.9 cm³/mol. The van der Waals surface area contributed by atoms with E-state index < -0.39 is 0 Å². The summed E-state index contributed by atoms with van der Waals surface area (Å²) in [5.41, 5.74) is 2.58. The quantitative estimate of drug-likeness (QED) is 0.757. The Morgan fingerprint density at radius 3 is 3.18 bits per heavy atom. The first-order chi connectivity index (χ1) is 8.33. The van der Waals surface area contributed by atoms with Crippen LogP contribution in [0.15, 0.2) is 18.2 Å². The molecular formula is C14H17ClN2. The van der Waals surface area contributed by atoms with Crippen LogP contribution in [-0.4, -0.2) is 19.1 Å². The van der Waals surface area contributed by atoms with E-state index in [4.69, 9.17) is 11.6 Å². The molecule has 3 heteroatoms. The van der Waals surface area contributed by atoms with Crippen LogP contribution in [0.2, 0.25) is 5.02 Å². The lowest BCUT2D eigenvalue weighted by molar-refractivity contribution is 0.429. The number of fused-ring (bicyclic) bond motifs is 5. The summed E-state index contributed by atoms with van der Waals surface area (Å²) in [5, 5.41) is 4.42. The van der Waals surface area contributed by atoms with Crippen molar-refractivity contribution in [3.63, 3.8) is 0 Å². The van der Waals surface area contributed by atoms with E-state index in [1.54, 1.807) is 0 Å². The van der Waals surface area contributed by atoms with Gasteiger partial charge in [-0.15, -0.1) is 0 Å². The fourth-order valence-corrected chi connectivity index (χ4v) is 4.23. The van der Waals surface area contributed by atoms with Crippen molar-refractivity contribution in [3.8, 4) is 0 Å². The predicted octanol–water partition coefficient (Wildman–Crippen LogP) is 3.37. The van der Waals surface area contributed by atoms with Crippen molar-refractivity contribution in [1.29, 1.82) is 0 Å². The molecule has 3 unspecified atom stereocenters. The first-order valence-electron chi connectivity index (χ1n) is 6.63. The molecule has 2 fully saturated rings. The summed E-state index contributed by atoms with van der Waals surface area (Å²) in [7, 11) is 0. The van der Waals surface area contributed by atoms with Gasteiger partial charge in [-0.1, -0.05) is 18.0 Å². The van der Waals surface area contributed by atoms with Crippen molar-refractivity contribution in [1.82, 2.24) is 0 Å². The number of benzene rings is 1. The minimum Gasteiger partial charge on any atom is -0.381 e. The average molecular weight is 249 g/mol. The van der Waals surface area contributed by atoms with Crippen LogP contribution in [0.4, 0.5) is 11.4 Å². The summed E-state index contributed by atoms with van der Waals surface area (Å²) >= 11 is 6.13. The monoisotopic (exact) mass is 248 g/mol. The van der Waals surface area contributed by atoms with Gasteiger partial charge in [0.1, 0.15) is 0 Å². The van der Waals surface area contributed by atoms with E-state index in [1.165, 1.54) is 37.2 Å². The molecule has 0 bridgehead atoms. The third-order valence-corrected chi connectivity index (χ3v) is 5.05. The second-order valence-electron chi connectivity index (χ2n) is 5.62. The highest BCUT2D eigenvalue weighted by atomic mass is 35.5. The van der Waals surface area contributed by atoms with Gasteiger partial charge < -0.3 is 10.2 Å². The van der Waals surface area contributed by atoms with E-state index in [0.29, 0.717) is 6.04 Å². The summed E-state index contributed by atoms with van der Waals surface area (Å²) in [5.74, 6) is 1.83. The zero-order valence-electron chi connectivity index (χ0n) is 9.82. The molecular weight excluding hydrogens is 232 g/mol. The van der Waals surface area contributed by atoms with Gasteiger partial charge in [0, 0.05) is 24.2 Å². The van der Waals surface area contributed by atoms with Gasteiger partial charge >= 0.3 is 0 Å². The molecule has 2 nitrogen and oxygen atoms in total. The standard InChI is InChI=1S/C14H17ClN2/c15-10-4-5-12-13(6-10)17-8-9-2-1-3-11(9)14(17)7-16-12/h4-6,9,11,14,16H,1-3,7-8H2. The van der Waals surface area contributed by atoms with Crippen molar-refractivity contribution in [3.05, 3.63) is 23.2 Å². The minimum absolute atomic E-state index is 0.702. The molecule has 1 N–H and O–H groups in total. The molecule has 1 aromatic carbocycles. The molecule has 90 valence electrons. The lowest BCUT2D eigenvalue weighted by Gasteiger charge is -2.36. The first-order valence-corrected chi connectivity index (χ1v) is 7.01. The Balaban J connectivity index is 1.75. The maximum absolute atomic E-state index is 6.13. The number of anilines is 2. The molecule has 1 saturated carbocycles. The van der Waals surface area contributed by atoms with Crippen LogP contribution in [0.5, 0.6) is 0 Å².